The first-order valence-corrected chi connectivity index (χ1v) is 3.92. The second kappa shape index (κ2) is 4.72. The van der Waals surface area contributed by atoms with Crippen LogP contribution in [-0.4, -0.2) is 11.7 Å². The molecule has 1 aromatic rings. The van der Waals surface area contributed by atoms with Gasteiger partial charge in [0.25, 0.3) is 0 Å². The number of aliphatic hydroxyl groups is 1. The summed E-state index contributed by atoms with van der Waals surface area (Å²) >= 11 is 0. The van der Waals surface area contributed by atoms with E-state index in [0.29, 0.717) is 6.42 Å². The third-order valence-corrected chi connectivity index (χ3v) is 1.62. The zero-order valence-corrected chi connectivity index (χ0v) is 7.00. The fourth-order valence-electron chi connectivity index (χ4n) is 0.914. The highest BCUT2D eigenvalue weighted by Crippen LogP contribution is 2.05. The predicted octanol–water partition coefficient (Wildman–Crippen LogP) is 2.21. The van der Waals surface area contributed by atoms with Crippen molar-refractivity contribution in [2.24, 2.45) is 0 Å². The van der Waals surface area contributed by atoms with Gasteiger partial charge in [-0.1, -0.05) is 12.1 Å². The minimum absolute atomic E-state index is 0.310. The minimum Gasteiger partial charge on any atom is -0.389 e. The Labute approximate surface area is 75.3 Å². The highest BCUT2D eigenvalue weighted by atomic mass is 19.1. The van der Waals surface area contributed by atoms with E-state index in [2.05, 4.69) is 0 Å². The lowest BCUT2D eigenvalue weighted by molar-refractivity contribution is 0.297. The van der Waals surface area contributed by atoms with Crippen LogP contribution >= 0.6 is 0 Å². The fourth-order valence-corrected chi connectivity index (χ4v) is 0.914. The number of halogens is 2. The molecule has 0 saturated heterocycles. The maximum atomic E-state index is 12.4. The van der Waals surface area contributed by atoms with Gasteiger partial charge in [0, 0.05) is 0 Å². The topological polar surface area (TPSA) is 20.2 Å². The highest BCUT2D eigenvalue weighted by molar-refractivity contribution is 5.19. The normalized spacial score (nSPS) is 11.8. The summed E-state index contributed by atoms with van der Waals surface area (Å²) in [6.07, 6.45) is 1.64. The summed E-state index contributed by atoms with van der Waals surface area (Å²) in [5.41, 5.74) is 0.810. The van der Waals surface area contributed by atoms with Crippen LogP contribution in [0.5, 0.6) is 0 Å². The Morgan fingerprint density at radius 1 is 1.31 bits per heavy atom. The quantitative estimate of drug-likeness (QED) is 0.763. The summed E-state index contributed by atoms with van der Waals surface area (Å²) in [4.78, 5) is 0. The molecule has 3 heteroatoms. The van der Waals surface area contributed by atoms with Crippen LogP contribution in [0.3, 0.4) is 0 Å². The molecule has 0 saturated carbocycles. The molecule has 1 nitrogen and oxygen atoms in total. The molecule has 0 aliphatic heterocycles. The molecular formula is C10H10F2O. The van der Waals surface area contributed by atoms with Gasteiger partial charge in [-0.2, -0.15) is 0 Å². The number of benzene rings is 1. The first-order valence-electron chi connectivity index (χ1n) is 3.92. The summed E-state index contributed by atoms with van der Waals surface area (Å²) in [6.45, 7) is -0.582. The van der Waals surface area contributed by atoms with E-state index < -0.39 is 12.4 Å². The lowest BCUT2D eigenvalue weighted by Gasteiger charge is -1.95. The fraction of sp³-hybridized carbons (Fsp3) is 0.200. The molecule has 1 rings (SSSR count). The average molecular weight is 184 g/mol. The maximum absolute atomic E-state index is 12.4. The number of rotatable bonds is 3. The summed E-state index contributed by atoms with van der Waals surface area (Å²) in [5.74, 6) is -0.875. The first kappa shape index (κ1) is 9.86. The predicted molar refractivity (Wildman–Crippen MR) is 46.4 cm³/mol. The molecular weight excluding hydrogens is 174 g/mol. The molecule has 0 heterocycles. The Kier molecular flexibility index (Phi) is 3.58. The molecule has 0 radical (unpaired) electrons. The highest BCUT2D eigenvalue weighted by Gasteiger charge is 1.93. The second-order valence-corrected chi connectivity index (χ2v) is 2.64. The van der Waals surface area contributed by atoms with Gasteiger partial charge in [0.2, 0.25) is 0 Å². The molecule has 0 unspecified atom stereocenters. The number of hydrogen-bond donors (Lipinski definition) is 1. The van der Waals surface area contributed by atoms with E-state index in [9.17, 15) is 8.78 Å². The van der Waals surface area contributed by atoms with Crippen LogP contribution < -0.4 is 0 Å². The molecule has 0 aliphatic carbocycles. The van der Waals surface area contributed by atoms with Crippen molar-refractivity contribution in [3.05, 3.63) is 47.5 Å². The van der Waals surface area contributed by atoms with Gasteiger partial charge in [-0.15, -0.1) is 0 Å². The molecule has 0 bridgehead atoms. The lowest BCUT2D eigenvalue weighted by atomic mass is 10.1. The van der Waals surface area contributed by atoms with Gasteiger partial charge in [0.05, 0.1) is 6.61 Å². The first-order chi connectivity index (χ1) is 6.22. The Morgan fingerprint density at radius 3 is 2.46 bits per heavy atom. The van der Waals surface area contributed by atoms with Gasteiger partial charge in [-0.05, 0) is 30.2 Å². The molecule has 0 aliphatic rings. The van der Waals surface area contributed by atoms with Crippen LogP contribution in [0.2, 0.25) is 0 Å². The van der Waals surface area contributed by atoms with Crippen molar-refractivity contribution in [1.29, 1.82) is 0 Å². The van der Waals surface area contributed by atoms with E-state index in [4.69, 9.17) is 5.11 Å². The Morgan fingerprint density at radius 2 is 1.92 bits per heavy atom. The summed E-state index contributed by atoms with van der Waals surface area (Å²) < 4.78 is 24.9. The number of aliphatic hydroxyl groups excluding tert-OH is 1. The summed E-state index contributed by atoms with van der Waals surface area (Å²) in [5, 5.41) is 8.35. The van der Waals surface area contributed by atoms with Gasteiger partial charge in [0.15, 0.2) is 0 Å². The molecule has 0 spiro atoms. The van der Waals surface area contributed by atoms with Gasteiger partial charge < -0.3 is 5.11 Å². The zero-order valence-electron chi connectivity index (χ0n) is 7.00. The van der Waals surface area contributed by atoms with E-state index in [-0.39, 0.29) is 5.82 Å². The van der Waals surface area contributed by atoms with Crippen molar-refractivity contribution in [1.82, 2.24) is 0 Å². The van der Waals surface area contributed by atoms with Crippen molar-refractivity contribution >= 4 is 0 Å². The summed E-state index contributed by atoms with van der Waals surface area (Å²) in [6, 6.07) is 5.80. The van der Waals surface area contributed by atoms with E-state index in [1.165, 1.54) is 18.2 Å². The van der Waals surface area contributed by atoms with Crippen LogP contribution in [0.4, 0.5) is 8.78 Å². The Bertz CT molecular complexity index is 290. The smallest absolute Gasteiger partial charge is 0.123 e. The third kappa shape index (κ3) is 3.34. The number of allylic oxidation sites excluding steroid dienone is 1. The molecule has 1 N–H and O–H groups in total. The minimum atomic E-state index is -0.582. The van der Waals surface area contributed by atoms with Crippen molar-refractivity contribution in [2.75, 3.05) is 6.61 Å². The van der Waals surface area contributed by atoms with Gasteiger partial charge in [0.1, 0.15) is 11.6 Å². The van der Waals surface area contributed by atoms with E-state index >= 15 is 0 Å². The molecule has 13 heavy (non-hydrogen) atoms. The largest absolute Gasteiger partial charge is 0.389 e. The third-order valence-electron chi connectivity index (χ3n) is 1.62. The van der Waals surface area contributed by atoms with Crippen LogP contribution in [0.25, 0.3) is 0 Å². The van der Waals surface area contributed by atoms with Gasteiger partial charge in [-0.3, -0.25) is 0 Å². The lowest BCUT2D eigenvalue weighted by Crippen LogP contribution is -1.86. The second-order valence-electron chi connectivity index (χ2n) is 2.64. The molecule has 0 fully saturated rings. The SMILES string of the molecule is OC/C(F)=C/Cc1ccc(F)cc1. The average Bonchev–Trinajstić information content (AvgIpc) is 2.16. The zero-order chi connectivity index (χ0) is 9.68. The van der Waals surface area contributed by atoms with Gasteiger partial charge in [-0.25, -0.2) is 8.78 Å². The molecule has 0 amide bonds. The van der Waals surface area contributed by atoms with Gasteiger partial charge >= 0.3 is 0 Å². The van der Waals surface area contributed by atoms with Crippen LogP contribution in [-0.2, 0) is 6.42 Å². The van der Waals surface area contributed by atoms with E-state index in [1.54, 1.807) is 12.1 Å². The monoisotopic (exact) mass is 184 g/mol. The van der Waals surface area contributed by atoms with E-state index in [1.807, 2.05) is 0 Å². The van der Waals surface area contributed by atoms with Crippen LogP contribution in [0, 0.1) is 5.82 Å². The standard InChI is InChI=1S/C10H10F2O/c11-9-4-1-8(2-5-9)3-6-10(12)7-13/h1-2,4-6,13H,3,7H2/b10-6-. The number of hydrogen-bond acceptors (Lipinski definition) is 1. The molecule has 0 atom stereocenters. The van der Waals surface area contributed by atoms with Crippen molar-refractivity contribution in [3.8, 4) is 0 Å². The van der Waals surface area contributed by atoms with Crippen LogP contribution in [0.15, 0.2) is 36.2 Å². The van der Waals surface area contributed by atoms with Crippen molar-refractivity contribution in [3.63, 3.8) is 0 Å². The molecule has 70 valence electrons. The van der Waals surface area contributed by atoms with Crippen molar-refractivity contribution in [2.45, 2.75) is 6.42 Å². The molecule has 0 aromatic heterocycles. The van der Waals surface area contributed by atoms with Crippen LogP contribution in [0.1, 0.15) is 5.56 Å². The Hall–Kier alpha value is -1.22. The van der Waals surface area contributed by atoms with E-state index in [0.717, 1.165) is 5.56 Å². The Balaban J connectivity index is 2.60. The summed E-state index contributed by atoms with van der Waals surface area (Å²) in [7, 11) is 0. The molecule has 1 aromatic carbocycles. The maximum Gasteiger partial charge on any atom is 0.123 e. The van der Waals surface area contributed by atoms with Crippen molar-refractivity contribution < 1.29 is 13.9 Å².